The number of benzene rings is 1. The van der Waals surface area contributed by atoms with Crippen LogP contribution in [-0.2, 0) is 11.3 Å². The molecular formula is C24H26N4O2. The van der Waals surface area contributed by atoms with Crippen LogP contribution in [0.5, 0.6) is 11.5 Å². The summed E-state index contributed by atoms with van der Waals surface area (Å²) in [6, 6.07) is 17.2. The third-order valence-electron chi connectivity index (χ3n) is 5.22. The lowest BCUT2D eigenvalue weighted by molar-refractivity contribution is -0.121. The Kier molecular flexibility index (Phi) is 6.35. The van der Waals surface area contributed by atoms with Gasteiger partial charge in [-0.3, -0.25) is 19.7 Å². The van der Waals surface area contributed by atoms with E-state index >= 15 is 0 Å². The van der Waals surface area contributed by atoms with E-state index in [9.17, 15) is 4.79 Å². The highest BCUT2D eigenvalue weighted by atomic mass is 16.5. The summed E-state index contributed by atoms with van der Waals surface area (Å²) < 4.78 is 5.91. The number of nitrogens with zero attached hydrogens (tertiary/aromatic N) is 3. The molecule has 1 amide bonds. The first kappa shape index (κ1) is 20.0. The SMILES string of the molecule is Cc1cccc(CN2CCCC(C(=O)Nc3ccccc3Oc3cccnc3)C2)n1. The van der Waals surface area contributed by atoms with Crippen molar-refractivity contribution in [3.63, 3.8) is 0 Å². The highest BCUT2D eigenvalue weighted by Crippen LogP contribution is 2.30. The number of rotatable bonds is 6. The summed E-state index contributed by atoms with van der Waals surface area (Å²) in [5.41, 5.74) is 2.74. The maximum Gasteiger partial charge on any atom is 0.228 e. The average molecular weight is 402 g/mol. The summed E-state index contributed by atoms with van der Waals surface area (Å²) in [5.74, 6) is 1.21. The molecule has 1 unspecified atom stereocenters. The number of carbonyl (C=O) groups is 1. The Labute approximate surface area is 176 Å². The molecule has 2 aromatic heterocycles. The van der Waals surface area contributed by atoms with Crippen LogP contribution in [0.3, 0.4) is 0 Å². The number of aromatic nitrogens is 2. The summed E-state index contributed by atoms with van der Waals surface area (Å²) in [6.45, 7) is 4.49. The van der Waals surface area contributed by atoms with Crippen molar-refractivity contribution in [1.82, 2.24) is 14.9 Å². The van der Waals surface area contributed by atoms with E-state index < -0.39 is 0 Å². The highest BCUT2D eigenvalue weighted by Gasteiger charge is 2.26. The van der Waals surface area contributed by atoms with Gasteiger partial charge >= 0.3 is 0 Å². The molecule has 0 spiro atoms. The Morgan fingerprint density at radius 2 is 2.07 bits per heavy atom. The van der Waals surface area contributed by atoms with Gasteiger partial charge in [0.05, 0.1) is 23.5 Å². The van der Waals surface area contributed by atoms with Crippen molar-refractivity contribution in [3.8, 4) is 11.5 Å². The number of amides is 1. The van der Waals surface area contributed by atoms with Crippen LogP contribution < -0.4 is 10.1 Å². The number of hydrogen-bond donors (Lipinski definition) is 1. The lowest BCUT2D eigenvalue weighted by Crippen LogP contribution is -2.40. The number of aryl methyl sites for hydroxylation is 1. The van der Waals surface area contributed by atoms with Crippen molar-refractivity contribution < 1.29 is 9.53 Å². The van der Waals surface area contributed by atoms with Gasteiger partial charge in [0.15, 0.2) is 5.75 Å². The molecule has 3 aromatic rings. The molecule has 154 valence electrons. The van der Waals surface area contributed by atoms with Crippen molar-refractivity contribution >= 4 is 11.6 Å². The van der Waals surface area contributed by atoms with Gasteiger partial charge in [-0.1, -0.05) is 18.2 Å². The third kappa shape index (κ3) is 5.21. The van der Waals surface area contributed by atoms with Crippen LogP contribution in [0.4, 0.5) is 5.69 Å². The van der Waals surface area contributed by atoms with Crippen molar-refractivity contribution in [2.45, 2.75) is 26.3 Å². The van der Waals surface area contributed by atoms with E-state index in [0.717, 1.165) is 43.9 Å². The van der Waals surface area contributed by atoms with Crippen LogP contribution in [0.15, 0.2) is 67.0 Å². The summed E-state index contributed by atoms with van der Waals surface area (Å²) in [7, 11) is 0. The van der Waals surface area contributed by atoms with E-state index in [1.54, 1.807) is 12.4 Å². The Hall–Kier alpha value is -3.25. The van der Waals surface area contributed by atoms with E-state index in [2.05, 4.69) is 20.2 Å². The maximum atomic E-state index is 13.0. The summed E-state index contributed by atoms with van der Waals surface area (Å²) in [4.78, 5) is 24.0. The molecule has 6 heteroatoms. The number of likely N-dealkylation sites (tertiary alicyclic amines) is 1. The molecule has 1 aliphatic rings. The van der Waals surface area contributed by atoms with Gasteiger partial charge < -0.3 is 10.1 Å². The minimum absolute atomic E-state index is 0.0270. The lowest BCUT2D eigenvalue weighted by atomic mass is 9.96. The molecule has 1 fully saturated rings. The zero-order chi connectivity index (χ0) is 20.8. The number of nitrogens with one attached hydrogen (secondary N) is 1. The van der Waals surface area contributed by atoms with E-state index in [1.807, 2.05) is 61.5 Å². The number of piperidine rings is 1. The summed E-state index contributed by atoms with van der Waals surface area (Å²) in [5, 5.41) is 3.07. The van der Waals surface area contributed by atoms with Gasteiger partial charge in [-0.15, -0.1) is 0 Å². The van der Waals surface area contributed by atoms with Gasteiger partial charge in [-0.05, 0) is 62.7 Å². The van der Waals surface area contributed by atoms with Gasteiger partial charge in [-0.25, -0.2) is 0 Å². The predicted molar refractivity (Wildman–Crippen MR) is 116 cm³/mol. The van der Waals surface area contributed by atoms with E-state index in [0.29, 0.717) is 17.2 Å². The van der Waals surface area contributed by atoms with Crippen LogP contribution in [0.1, 0.15) is 24.2 Å². The second kappa shape index (κ2) is 9.50. The molecule has 1 saturated heterocycles. The van der Waals surface area contributed by atoms with Gasteiger partial charge in [0.2, 0.25) is 5.91 Å². The van der Waals surface area contributed by atoms with Crippen LogP contribution in [0.25, 0.3) is 0 Å². The van der Waals surface area contributed by atoms with Crippen molar-refractivity contribution in [2.24, 2.45) is 5.92 Å². The highest BCUT2D eigenvalue weighted by molar-refractivity contribution is 5.94. The molecule has 0 radical (unpaired) electrons. The van der Waals surface area contributed by atoms with Gasteiger partial charge in [0, 0.05) is 25.0 Å². The minimum Gasteiger partial charge on any atom is -0.454 e. The normalized spacial score (nSPS) is 16.8. The zero-order valence-corrected chi connectivity index (χ0v) is 17.1. The Morgan fingerprint density at radius 1 is 1.17 bits per heavy atom. The molecule has 1 N–H and O–H groups in total. The van der Waals surface area contributed by atoms with Gasteiger partial charge in [-0.2, -0.15) is 0 Å². The van der Waals surface area contributed by atoms with Crippen molar-refractivity contribution in [2.75, 3.05) is 18.4 Å². The van der Waals surface area contributed by atoms with Gasteiger partial charge in [0.25, 0.3) is 0 Å². The van der Waals surface area contributed by atoms with Crippen molar-refractivity contribution in [3.05, 3.63) is 78.4 Å². The first-order valence-corrected chi connectivity index (χ1v) is 10.3. The Morgan fingerprint density at radius 3 is 2.90 bits per heavy atom. The second-order valence-electron chi connectivity index (χ2n) is 7.62. The molecule has 3 heterocycles. The summed E-state index contributed by atoms with van der Waals surface area (Å²) in [6.07, 6.45) is 5.23. The Balaban J connectivity index is 1.40. The topological polar surface area (TPSA) is 67.4 Å². The molecule has 4 rings (SSSR count). The quantitative estimate of drug-likeness (QED) is 0.661. The molecule has 30 heavy (non-hydrogen) atoms. The van der Waals surface area contributed by atoms with Crippen LogP contribution in [0.2, 0.25) is 0 Å². The molecule has 1 aliphatic heterocycles. The lowest BCUT2D eigenvalue weighted by Gasteiger charge is -2.31. The molecule has 1 atom stereocenters. The Bertz CT molecular complexity index is 993. The monoisotopic (exact) mass is 402 g/mol. The standard InChI is InChI=1S/C24H26N4O2/c1-18-7-4-9-20(26-18)17-28-14-6-8-19(16-28)24(29)27-22-11-2-3-12-23(22)30-21-10-5-13-25-15-21/h2-5,7,9-13,15,19H,6,8,14,16-17H2,1H3,(H,27,29). The summed E-state index contributed by atoms with van der Waals surface area (Å²) >= 11 is 0. The molecular weight excluding hydrogens is 376 g/mol. The minimum atomic E-state index is -0.0602. The van der Waals surface area contributed by atoms with Gasteiger partial charge in [0.1, 0.15) is 5.75 Å². The average Bonchev–Trinajstić information content (AvgIpc) is 2.76. The number of pyridine rings is 2. The first-order valence-electron chi connectivity index (χ1n) is 10.3. The second-order valence-corrected chi connectivity index (χ2v) is 7.62. The maximum absolute atomic E-state index is 13.0. The molecule has 0 bridgehead atoms. The fraction of sp³-hybridized carbons (Fsp3) is 0.292. The number of hydrogen-bond acceptors (Lipinski definition) is 5. The largest absolute Gasteiger partial charge is 0.454 e. The number of anilines is 1. The first-order chi connectivity index (χ1) is 14.7. The smallest absolute Gasteiger partial charge is 0.228 e. The molecule has 6 nitrogen and oxygen atoms in total. The van der Waals surface area contributed by atoms with E-state index in [-0.39, 0.29) is 11.8 Å². The van der Waals surface area contributed by atoms with E-state index in [4.69, 9.17) is 4.74 Å². The van der Waals surface area contributed by atoms with Crippen molar-refractivity contribution in [1.29, 1.82) is 0 Å². The van der Waals surface area contributed by atoms with E-state index in [1.165, 1.54) is 0 Å². The molecule has 0 saturated carbocycles. The molecule has 0 aliphatic carbocycles. The number of ether oxygens (including phenoxy) is 1. The fourth-order valence-corrected chi connectivity index (χ4v) is 3.76. The fourth-order valence-electron chi connectivity index (χ4n) is 3.76. The van der Waals surface area contributed by atoms with Crippen LogP contribution >= 0.6 is 0 Å². The predicted octanol–water partition coefficient (Wildman–Crippen LogP) is 4.43. The van der Waals surface area contributed by atoms with Crippen LogP contribution in [-0.4, -0.2) is 33.9 Å². The zero-order valence-electron chi connectivity index (χ0n) is 17.1. The third-order valence-corrected chi connectivity index (χ3v) is 5.22. The van der Waals surface area contributed by atoms with Crippen LogP contribution in [0, 0.1) is 12.8 Å². The number of carbonyl (C=O) groups excluding carboxylic acids is 1. The molecule has 1 aromatic carbocycles. The number of para-hydroxylation sites is 2.